The van der Waals surface area contributed by atoms with Gasteiger partial charge in [-0.25, -0.2) is 4.79 Å². The Morgan fingerprint density at radius 1 is 1.39 bits per heavy atom. The van der Waals surface area contributed by atoms with Crippen molar-refractivity contribution in [2.75, 3.05) is 5.32 Å². The molecule has 2 amide bonds. The number of anilines is 1. The molecule has 0 saturated heterocycles. The molecule has 0 heterocycles. The summed E-state index contributed by atoms with van der Waals surface area (Å²) in [6.07, 6.45) is 0. The molecular formula is C12H16ClN3OS. The van der Waals surface area contributed by atoms with E-state index in [4.69, 9.17) is 29.6 Å². The van der Waals surface area contributed by atoms with Crippen molar-refractivity contribution in [1.29, 1.82) is 0 Å². The molecule has 0 radical (unpaired) electrons. The minimum absolute atomic E-state index is 0.256. The lowest BCUT2D eigenvalue weighted by Crippen LogP contribution is -2.43. The van der Waals surface area contributed by atoms with Gasteiger partial charge in [0.15, 0.2) is 0 Å². The molecule has 0 unspecified atom stereocenters. The summed E-state index contributed by atoms with van der Waals surface area (Å²) in [5, 5.41) is 5.87. The monoisotopic (exact) mass is 285 g/mol. The number of hydrogen-bond acceptors (Lipinski definition) is 2. The number of carbonyl (C=O) groups excluding carboxylic acids is 1. The highest BCUT2D eigenvalue weighted by atomic mass is 35.5. The second kappa shape index (κ2) is 5.54. The van der Waals surface area contributed by atoms with Crippen LogP contribution in [0, 0.1) is 0 Å². The molecule has 0 atom stereocenters. The number of nitrogens with two attached hydrogens (primary N) is 1. The third-order valence-corrected chi connectivity index (χ3v) is 2.55. The summed E-state index contributed by atoms with van der Waals surface area (Å²) in [5.41, 5.74) is 6.33. The maximum absolute atomic E-state index is 11.7. The molecule has 0 saturated carbocycles. The third kappa shape index (κ3) is 4.50. The van der Waals surface area contributed by atoms with Gasteiger partial charge in [0.25, 0.3) is 0 Å². The number of hydrogen-bond donors (Lipinski definition) is 3. The number of benzene rings is 1. The second-order valence-electron chi connectivity index (χ2n) is 4.89. The van der Waals surface area contributed by atoms with E-state index in [1.54, 1.807) is 18.2 Å². The first-order valence-electron chi connectivity index (χ1n) is 5.37. The van der Waals surface area contributed by atoms with Crippen LogP contribution in [0.5, 0.6) is 0 Å². The van der Waals surface area contributed by atoms with Gasteiger partial charge in [0.05, 0.1) is 10.7 Å². The van der Waals surface area contributed by atoms with Crippen LogP contribution in [-0.4, -0.2) is 16.6 Å². The van der Waals surface area contributed by atoms with Crippen LogP contribution in [0.4, 0.5) is 10.5 Å². The number of rotatable bonds is 2. The lowest BCUT2D eigenvalue weighted by Gasteiger charge is -2.21. The Bertz CT molecular complexity index is 483. The molecule has 0 fully saturated rings. The summed E-state index contributed by atoms with van der Waals surface area (Å²) in [6.45, 7) is 5.67. The largest absolute Gasteiger partial charge is 0.389 e. The van der Waals surface area contributed by atoms with Crippen LogP contribution in [0.2, 0.25) is 5.02 Å². The van der Waals surface area contributed by atoms with Crippen LogP contribution in [0.25, 0.3) is 0 Å². The Labute approximate surface area is 117 Å². The second-order valence-corrected chi connectivity index (χ2v) is 5.74. The van der Waals surface area contributed by atoms with Gasteiger partial charge in [0.1, 0.15) is 4.99 Å². The first kappa shape index (κ1) is 14.7. The maximum atomic E-state index is 11.7. The van der Waals surface area contributed by atoms with Gasteiger partial charge in [-0.15, -0.1) is 0 Å². The van der Waals surface area contributed by atoms with Crippen molar-refractivity contribution in [3.63, 3.8) is 0 Å². The molecule has 0 aliphatic rings. The van der Waals surface area contributed by atoms with Crippen molar-refractivity contribution in [3.05, 3.63) is 28.8 Å². The highest BCUT2D eigenvalue weighted by Gasteiger charge is 2.14. The van der Waals surface area contributed by atoms with Gasteiger partial charge < -0.3 is 16.4 Å². The molecule has 98 valence electrons. The lowest BCUT2D eigenvalue weighted by molar-refractivity contribution is 0.244. The summed E-state index contributed by atoms with van der Waals surface area (Å²) in [4.78, 5) is 12.0. The Kier molecular flexibility index (Phi) is 4.53. The van der Waals surface area contributed by atoms with E-state index in [0.29, 0.717) is 16.3 Å². The zero-order valence-corrected chi connectivity index (χ0v) is 12.1. The van der Waals surface area contributed by atoms with Crippen LogP contribution in [0.3, 0.4) is 0 Å². The molecule has 1 rings (SSSR count). The van der Waals surface area contributed by atoms with Gasteiger partial charge in [-0.1, -0.05) is 29.9 Å². The van der Waals surface area contributed by atoms with Gasteiger partial charge >= 0.3 is 6.03 Å². The van der Waals surface area contributed by atoms with Gasteiger partial charge in [-0.05, 0) is 32.9 Å². The quantitative estimate of drug-likeness (QED) is 0.732. The van der Waals surface area contributed by atoms with Crippen molar-refractivity contribution in [1.82, 2.24) is 5.32 Å². The minimum atomic E-state index is -0.329. The standard InChI is InChI=1S/C12H16ClN3OS/c1-12(2,3)16-11(17)15-9-6-7(10(14)18)4-5-8(9)13/h4-6H,1-3H3,(H2,14,18)(H2,15,16,17). The Morgan fingerprint density at radius 3 is 2.50 bits per heavy atom. The molecule has 4 N–H and O–H groups in total. The first-order valence-corrected chi connectivity index (χ1v) is 6.16. The summed E-state index contributed by atoms with van der Waals surface area (Å²) in [6, 6.07) is 4.66. The smallest absolute Gasteiger partial charge is 0.319 e. The fourth-order valence-corrected chi connectivity index (χ4v) is 1.56. The normalized spacial score (nSPS) is 10.9. The van der Waals surface area contributed by atoms with Crippen molar-refractivity contribution in [2.45, 2.75) is 26.3 Å². The lowest BCUT2D eigenvalue weighted by atomic mass is 10.1. The molecule has 1 aromatic rings. The number of carbonyl (C=O) groups is 1. The molecule has 4 nitrogen and oxygen atoms in total. The van der Waals surface area contributed by atoms with Crippen LogP contribution >= 0.6 is 23.8 Å². The molecule has 1 aromatic carbocycles. The fraction of sp³-hybridized carbons (Fsp3) is 0.333. The molecule has 0 aliphatic carbocycles. The molecule has 6 heteroatoms. The van der Waals surface area contributed by atoms with Crippen LogP contribution in [0.15, 0.2) is 18.2 Å². The van der Waals surface area contributed by atoms with Crippen molar-refractivity contribution >= 4 is 40.5 Å². The number of amides is 2. The average molecular weight is 286 g/mol. The van der Waals surface area contributed by atoms with Crippen molar-refractivity contribution < 1.29 is 4.79 Å². The molecule has 0 aliphatic heterocycles. The highest BCUT2D eigenvalue weighted by molar-refractivity contribution is 7.80. The van der Waals surface area contributed by atoms with E-state index >= 15 is 0 Å². The van der Waals surface area contributed by atoms with E-state index in [-0.39, 0.29) is 16.6 Å². The van der Waals surface area contributed by atoms with Crippen LogP contribution in [-0.2, 0) is 0 Å². The Hall–Kier alpha value is -1.33. The zero-order chi connectivity index (χ0) is 13.9. The molecule has 18 heavy (non-hydrogen) atoms. The molecule has 0 aromatic heterocycles. The van der Waals surface area contributed by atoms with Crippen LogP contribution < -0.4 is 16.4 Å². The van der Waals surface area contributed by atoms with E-state index in [1.807, 2.05) is 20.8 Å². The van der Waals surface area contributed by atoms with Gasteiger partial charge in [-0.2, -0.15) is 0 Å². The summed E-state index contributed by atoms with van der Waals surface area (Å²) in [7, 11) is 0. The minimum Gasteiger partial charge on any atom is -0.389 e. The third-order valence-electron chi connectivity index (χ3n) is 1.99. The van der Waals surface area contributed by atoms with Gasteiger partial charge in [0.2, 0.25) is 0 Å². The average Bonchev–Trinajstić information content (AvgIpc) is 2.18. The summed E-state index contributed by atoms with van der Waals surface area (Å²) < 4.78 is 0. The Morgan fingerprint density at radius 2 is 2.00 bits per heavy atom. The SMILES string of the molecule is CC(C)(C)NC(=O)Nc1cc(C(N)=S)ccc1Cl. The van der Waals surface area contributed by atoms with E-state index < -0.39 is 0 Å². The zero-order valence-electron chi connectivity index (χ0n) is 10.5. The predicted octanol–water partition coefficient (Wildman–Crippen LogP) is 2.89. The first-order chi connectivity index (χ1) is 8.19. The summed E-state index contributed by atoms with van der Waals surface area (Å²) >= 11 is 10.9. The maximum Gasteiger partial charge on any atom is 0.319 e. The predicted molar refractivity (Wildman–Crippen MR) is 79.2 cm³/mol. The van der Waals surface area contributed by atoms with E-state index in [9.17, 15) is 4.79 Å². The topological polar surface area (TPSA) is 67.2 Å². The van der Waals surface area contributed by atoms with Crippen molar-refractivity contribution in [2.24, 2.45) is 5.73 Å². The van der Waals surface area contributed by atoms with E-state index in [2.05, 4.69) is 10.6 Å². The van der Waals surface area contributed by atoms with Gasteiger partial charge in [-0.3, -0.25) is 0 Å². The van der Waals surface area contributed by atoms with Gasteiger partial charge in [0, 0.05) is 11.1 Å². The van der Waals surface area contributed by atoms with Crippen LogP contribution in [0.1, 0.15) is 26.3 Å². The highest BCUT2D eigenvalue weighted by Crippen LogP contribution is 2.23. The molecule has 0 spiro atoms. The van der Waals surface area contributed by atoms with E-state index in [1.165, 1.54) is 0 Å². The summed E-state index contributed by atoms with van der Waals surface area (Å²) in [5.74, 6) is 0. The van der Waals surface area contributed by atoms with E-state index in [0.717, 1.165) is 0 Å². The van der Waals surface area contributed by atoms with Crippen molar-refractivity contribution in [3.8, 4) is 0 Å². The Balaban J connectivity index is 2.87. The molecule has 0 bridgehead atoms. The number of urea groups is 1. The number of nitrogens with one attached hydrogen (secondary N) is 2. The number of halogens is 1. The fourth-order valence-electron chi connectivity index (χ4n) is 1.27. The number of thiocarbonyl (C=S) groups is 1. The molecular weight excluding hydrogens is 270 g/mol.